The van der Waals surface area contributed by atoms with Crippen LogP contribution in [0.1, 0.15) is 16.1 Å². The first-order valence-corrected chi connectivity index (χ1v) is 8.60. The molecule has 3 heterocycles. The molecule has 25 heavy (non-hydrogen) atoms. The van der Waals surface area contributed by atoms with Gasteiger partial charge in [-0.1, -0.05) is 0 Å². The monoisotopic (exact) mass is 354 g/mol. The molecule has 3 aromatic rings. The van der Waals surface area contributed by atoms with Crippen LogP contribution >= 0.6 is 11.8 Å². The number of nitrogens with one attached hydrogen (secondary N) is 2. The number of benzene rings is 1. The highest BCUT2D eigenvalue weighted by Gasteiger charge is 2.18. The summed E-state index contributed by atoms with van der Waals surface area (Å²) in [5, 5.41) is 9.82. The number of amides is 2. The fraction of sp³-hybridized carbons (Fsp3) is 0.118. The van der Waals surface area contributed by atoms with E-state index in [0.29, 0.717) is 29.4 Å². The first-order chi connectivity index (χ1) is 12.2. The summed E-state index contributed by atoms with van der Waals surface area (Å²) in [5.74, 6) is 1.37. The Hall–Kier alpha value is -3.00. The summed E-state index contributed by atoms with van der Waals surface area (Å²) >= 11 is 1.46. The van der Waals surface area contributed by atoms with Crippen molar-refractivity contribution in [3.8, 4) is 0 Å². The van der Waals surface area contributed by atoms with Crippen molar-refractivity contribution in [1.82, 2.24) is 9.78 Å². The number of anilines is 2. The molecule has 4 rings (SSSR count). The topological polar surface area (TPSA) is 89.2 Å². The molecule has 0 atom stereocenters. The first kappa shape index (κ1) is 15.5. The molecule has 0 aliphatic carbocycles. The van der Waals surface area contributed by atoms with Crippen molar-refractivity contribution in [1.29, 1.82) is 0 Å². The van der Waals surface area contributed by atoms with Crippen LogP contribution in [0.5, 0.6) is 0 Å². The largest absolute Gasteiger partial charge is 0.467 e. The molecule has 0 fully saturated rings. The Morgan fingerprint density at radius 1 is 1.36 bits per heavy atom. The third-order valence-electron chi connectivity index (χ3n) is 3.72. The molecule has 7 nitrogen and oxygen atoms in total. The molecule has 1 aromatic carbocycles. The van der Waals surface area contributed by atoms with E-state index in [2.05, 4.69) is 15.7 Å². The summed E-state index contributed by atoms with van der Waals surface area (Å²) in [5.41, 5.74) is 1.13. The number of aromatic nitrogens is 2. The summed E-state index contributed by atoms with van der Waals surface area (Å²) in [7, 11) is 0. The Labute approximate surface area is 147 Å². The number of hydrogen-bond donors (Lipinski definition) is 2. The lowest BCUT2D eigenvalue weighted by atomic mass is 10.2. The Morgan fingerprint density at radius 2 is 2.28 bits per heavy atom. The van der Waals surface area contributed by atoms with E-state index in [1.807, 2.05) is 12.1 Å². The lowest BCUT2D eigenvalue weighted by molar-refractivity contribution is -0.113. The third kappa shape index (κ3) is 3.29. The van der Waals surface area contributed by atoms with Crippen LogP contribution in [0.4, 0.5) is 11.5 Å². The van der Waals surface area contributed by atoms with E-state index in [9.17, 15) is 9.59 Å². The van der Waals surface area contributed by atoms with Gasteiger partial charge in [-0.3, -0.25) is 9.59 Å². The molecule has 8 heteroatoms. The van der Waals surface area contributed by atoms with Crippen LogP contribution in [0.25, 0.3) is 0 Å². The van der Waals surface area contributed by atoms with Crippen LogP contribution in [0, 0.1) is 0 Å². The highest BCUT2D eigenvalue weighted by atomic mass is 32.2. The van der Waals surface area contributed by atoms with Crippen molar-refractivity contribution in [2.45, 2.75) is 11.4 Å². The molecule has 0 bridgehead atoms. The predicted octanol–water partition coefficient (Wildman–Crippen LogP) is 2.82. The molecule has 126 valence electrons. The third-order valence-corrected chi connectivity index (χ3v) is 4.79. The number of furan rings is 1. The molecule has 2 N–H and O–H groups in total. The van der Waals surface area contributed by atoms with E-state index in [4.69, 9.17) is 4.42 Å². The molecule has 0 unspecified atom stereocenters. The number of carbonyl (C=O) groups is 2. The Balaban J connectivity index is 1.52. The van der Waals surface area contributed by atoms with Gasteiger partial charge in [0, 0.05) is 16.5 Å². The van der Waals surface area contributed by atoms with Gasteiger partial charge in [-0.2, -0.15) is 5.10 Å². The fourth-order valence-electron chi connectivity index (χ4n) is 2.53. The first-order valence-electron chi connectivity index (χ1n) is 7.61. The van der Waals surface area contributed by atoms with Crippen molar-refractivity contribution in [3.05, 3.63) is 60.2 Å². The summed E-state index contributed by atoms with van der Waals surface area (Å²) in [6, 6.07) is 10.6. The second kappa shape index (κ2) is 6.48. The Kier molecular flexibility index (Phi) is 4.02. The molecule has 0 saturated carbocycles. The fourth-order valence-corrected chi connectivity index (χ4v) is 3.32. The number of rotatable bonds is 4. The summed E-state index contributed by atoms with van der Waals surface area (Å²) in [6.45, 7) is 0.423. The number of fused-ring (bicyclic) bond motifs is 1. The molecule has 0 radical (unpaired) electrons. The predicted molar refractivity (Wildman–Crippen MR) is 93.8 cm³/mol. The van der Waals surface area contributed by atoms with Gasteiger partial charge >= 0.3 is 0 Å². The number of carbonyl (C=O) groups excluding carboxylic acids is 2. The smallest absolute Gasteiger partial charge is 0.256 e. The molecule has 1 aliphatic rings. The second-order valence-electron chi connectivity index (χ2n) is 5.46. The number of nitrogens with zero attached hydrogens (tertiary/aromatic N) is 2. The highest BCUT2D eigenvalue weighted by molar-refractivity contribution is 8.00. The molecule has 2 aromatic heterocycles. The average Bonchev–Trinajstić information content (AvgIpc) is 3.27. The van der Waals surface area contributed by atoms with Crippen LogP contribution in [-0.4, -0.2) is 27.3 Å². The van der Waals surface area contributed by atoms with Gasteiger partial charge in [0.15, 0.2) is 0 Å². The van der Waals surface area contributed by atoms with E-state index in [1.54, 1.807) is 41.4 Å². The average molecular weight is 354 g/mol. The Bertz CT molecular complexity index is 933. The van der Waals surface area contributed by atoms with Crippen LogP contribution in [0.3, 0.4) is 0 Å². The quantitative estimate of drug-likeness (QED) is 0.752. The van der Waals surface area contributed by atoms with Crippen molar-refractivity contribution in [3.63, 3.8) is 0 Å². The minimum absolute atomic E-state index is 0.0633. The van der Waals surface area contributed by atoms with Crippen LogP contribution in [0.2, 0.25) is 0 Å². The zero-order valence-electron chi connectivity index (χ0n) is 13.1. The summed E-state index contributed by atoms with van der Waals surface area (Å²) < 4.78 is 6.95. The lowest BCUT2D eigenvalue weighted by Crippen LogP contribution is -2.20. The molecule has 2 amide bonds. The molecule has 0 spiro atoms. The maximum Gasteiger partial charge on any atom is 0.256 e. The van der Waals surface area contributed by atoms with Gasteiger partial charge in [0.2, 0.25) is 5.91 Å². The number of thioether (sulfide) groups is 1. The zero-order valence-corrected chi connectivity index (χ0v) is 13.9. The lowest BCUT2D eigenvalue weighted by Gasteiger charge is -2.17. The zero-order chi connectivity index (χ0) is 17.2. The van der Waals surface area contributed by atoms with E-state index < -0.39 is 0 Å². The van der Waals surface area contributed by atoms with Gasteiger partial charge in [-0.05, 0) is 30.3 Å². The van der Waals surface area contributed by atoms with Gasteiger partial charge in [0.25, 0.3) is 5.91 Å². The van der Waals surface area contributed by atoms with Crippen LogP contribution in [-0.2, 0) is 11.3 Å². The minimum atomic E-state index is -0.270. The molecular weight excluding hydrogens is 340 g/mol. The van der Waals surface area contributed by atoms with Crippen LogP contribution < -0.4 is 10.6 Å². The standard InChI is InChI=1S/C17H14N4O3S/c22-16-10-25-14-4-3-11(8-13(14)19-16)17(23)20-15-5-6-18-21(15)9-12-2-1-7-24-12/h1-8H,9-10H2,(H,19,22)(H,20,23). The van der Waals surface area contributed by atoms with E-state index in [1.165, 1.54) is 11.8 Å². The van der Waals surface area contributed by atoms with E-state index in [-0.39, 0.29) is 11.8 Å². The van der Waals surface area contributed by atoms with Gasteiger partial charge in [0.1, 0.15) is 18.1 Å². The van der Waals surface area contributed by atoms with Gasteiger partial charge < -0.3 is 15.1 Å². The van der Waals surface area contributed by atoms with Crippen molar-refractivity contribution >= 4 is 35.1 Å². The van der Waals surface area contributed by atoms with Crippen molar-refractivity contribution in [2.75, 3.05) is 16.4 Å². The van der Waals surface area contributed by atoms with Crippen molar-refractivity contribution < 1.29 is 14.0 Å². The Morgan fingerprint density at radius 3 is 3.12 bits per heavy atom. The maximum atomic E-state index is 12.5. The maximum absolute atomic E-state index is 12.5. The van der Waals surface area contributed by atoms with Gasteiger partial charge in [-0.15, -0.1) is 11.8 Å². The molecular formula is C17H14N4O3S. The van der Waals surface area contributed by atoms with Gasteiger partial charge in [0.05, 0.1) is 23.9 Å². The van der Waals surface area contributed by atoms with E-state index in [0.717, 1.165) is 10.7 Å². The molecule has 1 aliphatic heterocycles. The van der Waals surface area contributed by atoms with E-state index >= 15 is 0 Å². The summed E-state index contributed by atoms with van der Waals surface area (Å²) in [6.07, 6.45) is 3.21. The van der Waals surface area contributed by atoms with Gasteiger partial charge in [-0.25, -0.2) is 4.68 Å². The van der Waals surface area contributed by atoms with Crippen LogP contribution in [0.15, 0.2) is 58.2 Å². The van der Waals surface area contributed by atoms with Crippen molar-refractivity contribution in [2.24, 2.45) is 0 Å². The highest BCUT2D eigenvalue weighted by Crippen LogP contribution is 2.32. The molecule has 0 saturated heterocycles. The second-order valence-corrected chi connectivity index (χ2v) is 6.47. The summed E-state index contributed by atoms with van der Waals surface area (Å²) in [4.78, 5) is 25.0. The normalized spacial score (nSPS) is 13.2. The SMILES string of the molecule is O=C1CSc2ccc(C(=O)Nc3ccnn3Cc3ccco3)cc2N1. The number of hydrogen-bond acceptors (Lipinski definition) is 5. The minimum Gasteiger partial charge on any atom is -0.467 e.